The fourth-order valence-electron chi connectivity index (χ4n) is 5.00. The molecule has 0 saturated carbocycles. The molecule has 0 bridgehead atoms. The molecule has 1 unspecified atom stereocenters. The molecule has 12 heteroatoms. The van der Waals surface area contributed by atoms with E-state index in [0.29, 0.717) is 33.3 Å². The predicted octanol–water partition coefficient (Wildman–Crippen LogP) is 5.76. The number of aryl methyl sites for hydroxylation is 1. The van der Waals surface area contributed by atoms with Crippen molar-refractivity contribution in [1.29, 1.82) is 0 Å². The van der Waals surface area contributed by atoms with Crippen LogP contribution in [-0.4, -0.2) is 44.7 Å². The summed E-state index contributed by atoms with van der Waals surface area (Å²) in [5, 5.41) is 28.0. The molecule has 1 N–H and O–H groups in total. The summed E-state index contributed by atoms with van der Waals surface area (Å²) in [6.07, 6.45) is 5.19. The van der Waals surface area contributed by atoms with E-state index in [1.165, 1.54) is 0 Å². The van der Waals surface area contributed by atoms with Crippen LogP contribution in [0.4, 0.5) is 0 Å². The molecule has 0 spiro atoms. The van der Waals surface area contributed by atoms with Gasteiger partial charge in [0.25, 0.3) is 5.78 Å². The molecular weight excluding hydrogens is 576 g/mol. The van der Waals surface area contributed by atoms with E-state index in [1.54, 1.807) is 40.1 Å². The molecule has 0 saturated heterocycles. The van der Waals surface area contributed by atoms with Crippen molar-refractivity contribution in [3.63, 3.8) is 0 Å². The second-order valence-electron chi connectivity index (χ2n) is 9.48. The van der Waals surface area contributed by atoms with E-state index < -0.39 is 5.60 Å². The maximum absolute atomic E-state index is 12.6. The van der Waals surface area contributed by atoms with Crippen LogP contribution in [0.2, 0.25) is 5.02 Å². The number of hydrogen-bond acceptors (Lipinski definition) is 9. The van der Waals surface area contributed by atoms with E-state index in [2.05, 4.69) is 25.5 Å². The summed E-state index contributed by atoms with van der Waals surface area (Å²) in [5.41, 5.74) is 3.84. The van der Waals surface area contributed by atoms with Gasteiger partial charge < -0.3 is 9.67 Å². The van der Waals surface area contributed by atoms with E-state index >= 15 is 0 Å². The van der Waals surface area contributed by atoms with Gasteiger partial charge in [0.1, 0.15) is 4.34 Å². The maximum Gasteiger partial charge on any atom is 0.274 e. The van der Waals surface area contributed by atoms with Crippen molar-refractivity contribution in [1.82, 2.24) is 39.6 Å². The number of benzene rings is 3. The van der Waals surface area contributed by atoms with Crippen molar-refractivity contribution in [2.45, 2.75) is 15.7 Å². The number of nitrogens with zero attached hydrogens (tertiary/aromatic N) is 8. The first kappa shape index (κ1) is 25.8. The third kappa shape index (κ3) is 4.56. The Morgan fingerprint density at radius 1 is 1.05 bits per heavy atom. The Hall–Kier alpha value is -4.16. The third-order valence-corrected chi connectivity index (χ3v) is 9.26. The highest BCUT2D eigenvalue weighted by Crippen LogP contribution is 2.39. The van der Waals surface area contributed by atoms with Crippen LogP contribution >= 0.6 is 34.7 Å². The summed E-state index contributed by atoms with van der Waals surface area (Å²) in [5.74, 6) is 1.15. The molecule has 1 atom stereocenters. The lowest BCUT2D eigenvalue weighted by Crippen LogP contribution is -2.31. The number of aliphatic hydroxyl groups is 1. The second-order valence-corrected chi connectivity index (χ2v) is 12.0. The summed E-state index contributed by atoms with van der Waals surface area (Å²) in [6.45, 7) is 0. The maximum atomic E-state index is 12.6. The fourth-order valence-corrected chi connectivity index (χ4v) is 6.78. The van der Waals surface area contributed by atoms with Gasteiger partial charge in [-0.1, -0.05) is 70.9 Å². The lowest BCUT2D eigenvalue weighted by atomic mass is 9.82. The molecule has 0 aliphatic rings. The molecule has 9 nitrogen and oxygen atoms in total. The summed E-state index contributed by atoms with van der Waals surface area (Å²) >= 11 is 9.66. The van der Waals surface area contributed by atoms with Crippen LogP contribution in [-0.2, 0) is 18.4 Å². The van der Waals surface area contributed by atoms with Crippen LogP contribution in [0.25, 0.3) is 27.9 Å². The van der Waals surface area contributed by atoms with Gasteiger partial charge in [-0.05, 0) is 51.4 Å². The van der Waals surface area contributed by atoms with Crippen molar-refractivity contribution >= 4 is 51.4 Å². The summed E-state index contributed by atoms with van der Waals surface area (Å²) in [6, 6.07) is 21.3. The zero-order valence-corrected chi connectivity index (χ0v) is 24.0. The van der Waals surface area contributed by atoms with Crippen LogP contribution in [0.15, 0.2) is 95.2 Å². The SMILES string of the molecule is Cn1cncc1C(O)(c1ccc(CSc2nccs2)cc1)c1ccc2c(c1)c(-c1cccc(Cl)c1)nc1nnnn12. The van der Waals surface area contributed by atoms with Crippen molar-refractivity contribution in [2.24, 2.45) is 7.05 Å². The molecule has 0 aliphatic heterocycles. The first-order valence-electron chi connectivity index (χ1n) is 12.6. The topological polar surface area (TPSA) is 107 Å². The molecule has 41 heavy (non-hydrogen) atoms. The van der Waals surface area contributed by atoms with Crippen molar-refractivity contribution in [3.8, 4) is 11.3 Å². The average Bonchev–Trinajstić information content (AvgIpc) is 3.78. The molecule has 0 amide bonds. The Morgan fingerprint density at radius 2 is 1.90 bits per heavy atom. The van der Waals surface area contributed by atoms with Gasteiger partial charge >= 0.3 is 0 Å². The Kier molecular flexibility index (Phi) is 6.51. The molecule has 0 fully saturated rings. The van der Waals surface area contributed by atoms with E-state index in [4.69, 9.17) is 16.6 Å². The molecule has 3 aromatic carbocycles. The molecule has 0 aliphatic carbocycles. The largest absolute Gasteiger partial charge is 0.374 e. The molecule has 7 rings (SSSR count). The molecule has 7 aromatic rings. The first-order chi connectivity index (χ1) is 20.0. The van der Waals surface area contributed by atoms with Gasteiger partial charge in [0, 0.05) is 40.3 Å². The normalized spacial score (nSPS) is 13.1. The summed E-state index contributed by atoms with van der Waals surface area (Å²) in [4.78, 5) is 13.4. The standard InChI is InChI=1S/C29H21ClN8OS2/c1-37-17-31-15-25(37)29(39,20-7-5-18(6-8-20)16-41-28-32-11-12-40-28)21-9-10-24-23(14-21)26(19-3-2-4-22(30)13-19)33-27-34-35-36-38(24)27/h2-15,17,39H,16H2,1H3. The van der Waals surface area contributed by atoms with Crippen LogP contribution in [0, 0.1) is 0 Å². The number of imidazole rings is 1. The van der Waals surface area contributed by atoms with Gasteiger partial charge in [-0.3, -0.25) is 0 Å². The number of tetrazole rings is 1. The molecule has 4 heterocycles. The highest BCUT2D eigenvalue weighted by molar-refractivity contribution is 8.00. The van der Waals surface area contributed by atoms with Gasteiger partial charge in [-0.25, -0.2) is 15.0 Å². The van der Waals surface area contributed by atoms with Gasteiger partial charge in [-0.2, -0.15) is 4.52 Å². The quantitative estimate of drug-likeness (QED) is 0.232. The minimum atomic E-state index is -1.51. The summed E-state index contributed by atoms with van der Waals surface area (Å²) < 4.78 is 4.44. The van der Waals surface area contributed by atoms with Crippen LogP contribution in [0.3, 0.4) is 0 Å². The number of thioether (sulfide) groups is 1. The molecule has 0 radical (unpaired) electrons. The monoisotopic (exact) mass is 596 g/mol. The molecular formula is C29H21ClN8OS2. The number of aromatic nitrogens is 8. The zero-order chi connectivity index (χ0) is 28.0. The van der Waals surface area contributed by atoms with Crippen LogP contribution < -0.4 is 0 Å². The van der Waals surface area contributed by atoms with Crippen molar-refractivity contribution in [3.05, 3.63) is 118 Å². The Morgan fingerprint density at radius 3 is 2.66 bits per heavy atom. The van der Waals surface area contributed by atoms with E-state index in [1.807, 2.05) is 89.9 Å². The third-order valence-electron chi connectivity index (χ3n) is 6.99. The van der Waals surface area contributed by atoms with Gasteiger partial charge in [-0.15, -0.1) is 11.3 Å². The van der Waals surface area contributed by atoms with E-state index in [0.717, 1.165) is 32.1 Å². The van der Waals surface area contributed by atoms with Crippen LogP contribution in [0.1, 0.15) is 22.4 Å². The Balaban J connectivity index is 1.39. The average molecular weight is 597 g/mol. The zero-order valence-electron chi connectivity index (χ0n) is 21.6. The van der Waals surface area contributed by atoms with E-state index in [-0.39, 0.29) is 0 Å². The number of thiazole rings is 1. The van der Waals surface area contributed by atoms with E-state index in [9.17, 15) is 5.11 Å². The second kappa shape index (κ2) is 10.3. The molecule has 202 valence electrons. The summed E-state index contributed by atoms with van der Waals surface area (Å²) in [7, 11) is 1.87. The Labute approximate surface area is 247 Å². The lowest BCUT2D eigenvalue weighted by Gasteiger charge is -2.30. The fraction of sp³-hybridized carbons (Fsp3) is 0.103. The minimum Gasteiger partial charge on any atom is -0.374 e. The number of hydrogen-bond donors (Lipinski definition) is 1. The molecule has 4 aromatic heterocycles. The number of halogens is 1. The van der Waals surface area contributed by atoms with Gasteiger partial charge in [0.2, 0.25) is 0 Å². The van der Waals surface area contributed by atoms with Crippen molar-refractivity contribution < 1.29 is 5.11 Å². The smallest absolute Gasteiger partial charge is 0.274 e. The van der Waals surface area contributed by atoms with Crippen LogP contribution in [0.5, 0.6) is 0 Å². The lowest BCUT2D eigenvalue weighted by molar-refractivity contribution is 0.117. The number of rotatable bonds is 7. The first-order valence-corrected chi connectivity index (χ1v) is 14.8. The predicted molar refractivity (Wildman–Crippen MR) is 160 cm³/mol. The number of fused-ring (bicyclic) bond motifs is 3. The highest BCUT2D eigenvalue weighted by atomic mass is 35.5. The highest BCUT2D eigenvalue weighted by Gasteiger charge is 2.37. The van der Waals surface area contributed by atoms with Gasteiger partial charge in [0.05, 0.1) is 29.4 Å². The van der Waals surface area contributed by atoms with Gasteiger partial charge in [0.15, 0.2) is 5.60 Å². The minimum absolute atomic E-state index is 0.369. The Bertz CT molecular complexity index is 2010. The van der Waals surface area contributed by atoms with Crippen molar-refractivity contribution in [2.75, 3.05) is 0 Å².